The number of aromatic nitrogens is 1. The molecule has 2 aromatic carbocycles. The molecule has 0 saturated carbocycles. The molecule has 7 heteroatoms. The van der Waals surface area contributed by atoms with Gasteiger partial charge in [0, 0.05) is 30.7 Å². The number of Topliss-reactive ketones (excluding diaryl/α,β-unsaturated/α-hetero) is 1. The molecule has 6 nitrogen and oxygen atoms in total. The summed E-state index contributed by atoms with van der Waals surface area (Å²) in [5.41, 5.74) is 1.87. The first kappa shape index (κ1) is 28.2. The highest BCUT2D eigenvalue weighted by Gasteiger charge is 2.45. The van der Waals surface area contributed by atoms with Crippen molar-refractivity contribution < 1.29 is 23.5 Å². The largest absolute Gasteiger partial charge is 0.493 e. The van der Waals surface area contributed by atoms with Gasteiger partial charge in [-0.3, -0.25) is 9.59 Å². The fraction of sp³-hybridized carbons (Fsp3) is 0.516. The van der Waals surface area contributed by atoms with Gasteiger partial charge >= 0.3 is 5.97 Å². The summed E-state index contributed by atoms with van der Waals surface area (Å²) < 4.78 is 13.6. The standard InChI is InChI=1S/C31H41N2O4S/c1-30(2,3)37-29(35)21-31(19-22-10-7-8-11-23(22)20-31)27(34)14-15-28-32-25-18-24(12-13-26(25)38-28)36-17-9-16-33(4,5)6/h7-8,10-13,18H,9,14-17,19-21H2,1-6H3/q+1. The van der Waals surface area contributed by atoms with Crippen LogP contribution in [0.25, 0.3) is 10.2 Å². The Morgan fingerprint density at radius 1 is 1.05 bits per heavy atom. The Hall–Kier alpha value is -2.77. The van der Waals surface area contributed by atoms with Crippen LogP contribution >= 0.6 is 11.3 Å². The number of hydrogen-bond donors (Lipinski definition) is 0. The molecular formula is C31H41N2O4S+. The number of carbonyl (C=O) groups excluding carboxylic acids is 2. The van der Waals surface area contributed by atoms with Crippen molar-refractivity contribution in [2.45, 2.75) is 64.9 Å². The second-order valence-corrected chi connectivity index (χ2v) is 13.7. The zero-order valence-corrected chi connectivity index (χ0v) is 24.5. The molecule has 1 aliphatic rings. The topological polar surface area (TPSA) is 65.5 Å². The molecule has 204 valence electrons. The Morgan fingerprint density at radius 2 is 1.74 bits per heavy atom. The van der Waals surface area contributed by atoms with Crippen LogP contribution in [-0.2, 0) is 33.6 Å². The summed E-state index contributed by atoms with van der Waals surface area (Å²) in [5, 5.41) is 0.929. The van der Waals surface area contributed by atoms with Crippen LogP contribution in [0.2, 0.25) is 0 Å². The lowest BCUT2D eigenvalue weighted by Crippen LogP contribution is -2.37. The Morgan fingerprint density at radius 3 is 2.37 bits per heavy atom. The number of hydrogen-bond acceptors (Lipinski definition) is 6. The third-order valence-corrected chi connectivity index (χ3v) is 7.98. The lowest BCUT2D eigenvalue weighted by Gasteiger charge is -2.28. The van der Waals surface area contributed by atoms with E-state index in [9.17, 15) is 9.59 Å². The fourth-order valence-electron chi connectivity index (χ4n) is 5.13. The molecule has 0 saturated heterocycles. The third kappa shape index (κ3) is 7.41. The van der Waals surface area contributed by atoms with Crippen LogP contribution in [0.5, 0.6) is 5.75 Å². The molecule has 0 N–H and O–H groups in total. The molecule has 0 aliphatic heterocycles. The molecule has 0 amide bonds. The van der Waals surface area contributed by atoms with Gasteiger partial charge in [-0.25, -0.2) is 4.98 Å². The summed E-state index contributed by atoms with van der Waals surface area (Å²) in [5.74, 6) is 0.625. The predicted octanol–water partition coefficient (Wildman–Crippen LogP) is 5.79. The first-order valence-electron chi connectivity index (χ1n) is 13.5. The number of benzene rings is 2. The SMILES string of the molecule is CC(C)(C)OC(=O)CC1(C(=O)CCc2nc3cc(OCCC[N+](C)(C)C)ccc3s2)Cc2ccccc2C1. The Balaban J connectivity index is 1.42. The number of thiazole rings is 1. The van der Waals surface area contributed by atoms with Gasteiger partial charge in [-0.05, 0) is 56.9 Å². The van der Waals surface area contributed by atoms with Gasteiger partial charge in [-0.2, -0.15) is 0 Å². The Labute approximate surface area is 230 Å². The van der Waals surface area contributed by atoms with E-state index in [1.54, 1.807) is 11.3 Å². The zero-order valence-electron chi connectivity index (χ0n) is 23.6. The minimum Gasteiger partial charge on any atom is -0.493 e. The Kier molecular flexibility index (Phi) is 8.29. The average Bonchev–Trinajstić information content (AvgIpc) is 3.39. The van der Waals surface area contributed by atoms with Crippen molar-refractivity contribution in [3.05, 3.63) is 58.6 Å². The van der Waals surface area contributed by atoms with Gasteiger partial charge in [0.05, 0.1) is 55.9 Å². The summed E-state index contributed by atoms with van der Waals surface area (Å²) in [6, 6.07) is 14.1. The van der Waals surface area contributed by atoms with Crippen molar-refractivity contribution in [3.8, 4) is 5.75 Å². The van der Waals surface area contributed by atoms with Gasteiger partial charge in [0.15, 0.2) is 0 Å². The van der Waals surface area contributed by atoms with E-state index in [1.165, 1.54) is 0 Å². The van der Waals surface area contributed by atoms with Gasteiger partial charge < -0.3 is 14.0 Å². The number of carbonyl (C=O) groups is 2. The third-order valence-electron chi connectivity index (χ3n) is 6.88. The molecule has 0 atom stereocenters. The van der Waals surface area contributed by atoms with E-state index >= 15 is 0 Å². The van der Waals surface area contributed by atoms with Crippen molar-refractivity contribution in [2.24, 2.45) is 5.41 Å². The number of ketones is 1. The second kappa shape index (κ2) is 11.1. The number of esters is 1. The minimum absolute atomic E-state index is 0.104. The van der Waals surface area contributed by atoms with Crippen LogP contribution in [-0.4, -0.2) is 61.1 Å². The molecule has 0 radical (unpaired) electrons. The second-order valence-electron chi connectivity index (χ2n) is 12.5. The molecule has 3 aromatic rings. The Bertz CT molecular complexity index is 1270. The van der Waals surface area contributed by atoms with Crippen LogP contribution in [0.15, 0.2) is 42.5 Å². The highest BCUT2D eigenvalue weighted by Crippen LogP contribution is 2.42. The summed E-state index contributed by atoms with van der Waals surface area (Å²) >= 11 is 1.62. The number of aryl methyl sites for hydroxylation is 1. The van der Waals surface area contributed by atoms with Crippen LogP contribution in [0, 0.1) is 5.41 Å². The molecule has 38 heavy (non-hydrogen) atoms. The van der Waals surface area contributed by atoms with Crippen molar-refractivity contribution in [1.29, 1.82) is 0 Å². The maximum Gasteiger partial charge on any atom is 0.307 e. The van der Waals surface area contributed by atoms with E-state index in [0.29, 0.717) is 32.3 Å². The molecule has 1 aromatic heterocycles. The van der Waals surface area contributed by atoms with E-state index in [4.69, 9.17) is 14.5 Å². The first-order chi connectivity index (χ1) is 17.8. The lowest BCUT2D eigenvalue weighted by atomic mass is 9.76. The first-order valence-corrected chi connectivity index (χ1v) is 14.3. The number of rotatable bonds is 11. The van der Waals surface area contributed by atoms with Crippen molar-refractivity contribution in [2.75, 3.05) is 34.3 Å². The average molecular weight is 538 g/mol. The van der Waals surface area contributed by atoms with Gasteiger partial charge in [-0.1, -0.05) is 24.3 Å². The van der Waals surface area contributed by atoms with Crippen molar-refractivity contribution in [3.63, 3.8) is 0 Å². The molecular weight excluding hydrogens is 496 g/mol. The molecule has 1 aliphatic carbocycles. The quantitative estimate of drug-likeness (QED) is 0.176. The van der Waals surface area contributed by atoms with E-state index in [2.05, 4.69) is 33.3 Å². The fourth-order valence-corrected chi connectivity index (χ4v) is 6.08. The number of fused-ring (bicyclic) bond motifs is 2. The maximum atomic E-state index is 13.7. The number of nitrogens with zero attached hydrogens (tertiary/aromatic N) is 2. The monoisotopic (exact) mass is 537 g/mol. The molecule has 4 rings (SSSR count). The summed E-state index contributed by atoms with van der Waals surface area (Å²) in [4.78, 5) is 31.4. The maximum absolute atomic E-state index is 13.7. The number of quaternary nitrogens is 1. The highest BCUT2D eigenvalue weighted by atomic mass is 32.1. The smallest absolute Gasteiger partial charge is 0.307 e. The van der Waals surface area contributed by atoms with Gasteiger partial charge in [0.1, 0.15) is 17.1 Å². The van der Waals surface area contributed by atoms with Crippen molar-refractivity contribution in [1.82, 2.24) is 4.98 Å². The molecule has 0 spiro atoms. The van der Waals surface area contributed by atoms with E-state index in [1.807, 2.05) is 51.1 Å². The minimum atomic E-state index is -0.754. The van der Waals surface area contributed by atoms with Crippen LogP contribution in [0.3, 0.4) is 0 Å². The zero-order chi connectivity index (χ0) is 27.6. The van der Waals surface area contributed by atoms with E-state index in [0.717, 1.165) is 49.5 Å². The van der Waals surface area contributed by atoms with Gasteiger partial charge in [0.25, 0.3) is 0 Å². The summed E-state index contributed by atoms with van der Waals surface area (Å²) in [6.07, 6.45) is 3.16. The normalized spacial score (nSPS) is 14.9. The van der Waals surface area contributed by atoms with Crippen LogP contribution in [0.1, 0.15) is 56.2 Å². The van der Waals surface area contributed by atoms with E-state index in [-0.39, 0.29) is 18.2 Å². The van der Waals surface area contributed by atoms with E-state index < -0.39 is 11.0 Å². The van der Waals surface area contributed by atoms with Gasteiger partial charge in [-0.15, -0.1) is 11.3 Å². The summed E-state index contributed by atoms with van der Waals surface area (Å²) in [6.45, 7) is 7.30. The molecule has 1 heterocycles. The molecule has 0 unspecified atom stereocenters. The number of ether oxygens (including phenoxy) is 2. The lowest BCUT2D eigenvalue weighted by molar-refractivity contribution is -0.870. The van der Waals surface area contributed by atoms with Gasteiger partial charge in [0.2, 0.25) is 0 Å². The summed E-state index contributed by atoms with van der Waals surface area (Å²) in [7, 11) is 6.54. The predicted molar refractivity (Wildman–Crippen MR) is 153 cm³/mol. The molecule has 0 fully saturated rings. The highest BCUT2D eigenvalue weighted by molar-refractivity contribution is 7.18. The van der Waals surface area contributed by atoms with Crippen LogP contribution < -0.4 is 4.74 Å². The van der Waals surface area contributed by atoms with Crippen molar-refractivity contribution >= 4 is 33.3 Å². The molecule has 0 bridgehead atoms. The van der Waals surface area contributed by atoms with Crippen LogP contribution in [0.4, 0.5) is 0 Å².